The lowest BCUT2D eigenvalue weighted by Gasteiger charge is -2.24. The topological polar surface area (TPSA) is 102 Å². The molecule has 41 heavy (non-hydrogen) atoms. The Bertz CT molecular complexity index is 1800. The molecule has 2 aromatic carbocycles. The van der Waals surface area contributed by atoms with Crippen molar-refractivity contribution in [3.8, 4) is 22.4 Å². The molecule has 5 aromatic rings. The first-order valence-corrected chi connectivity index (χ1v) is 14.4. The lowest BCUT2D eigenvalue weighted by atomic mass is 10.0. The van der Waals surface area contributed by atoms with Gasteiger partial charge < -0.3 is 10.6 Å². The number of hydrogen-bond donors (Lipinski definition) is 2. The van der Waals surface area contributed by atoms with Crippen LogP contribution < -0.4 is 10.6 Å². The van der Waals surface area contributed by atoms with Crippen molar-refractivity contribution < 1.29 is 21.6 Å². The van der Waals surface area contributed by atoms with E-state index >= 15 is 0 Å². The monoisotopic (exact) mass is 578 g/mol. The second-order valence-electron chi connectivity index (χ2n) is 9.77. The molecule has 0 amide bonds. The van der Waals surface area contributed by atoms with Crippen LogP contribution in [-0.2, 0) is 16.2 Å². The predicted octanol–water partition coefficient (Wildman–Crippen LogP) is 5.58. The molecule has 1 aliphatic heterocycles. The number of aromatic nitrogens is 4. The van der Waals surface area contributed by atoms with Gasteiger partial charge in [0.25, 0.3) is 10.0 Å². The molecule has 1 fully saturated rings. The molecule has 0 radical (unpaired) electrons. The zero-order valence-corrected chi connectivity index (χ0v) is 22.5. The van der Waals surface area contributed by atoms with Gasteiger partial charge in [0.05, 0.1) is 16.1 Å². The Morgan fingerprint density at radius 2 is 1.83 bits per heavy atom. The average Bonchev–Trinajstić information content (AvgIpc) is 3.38. The summed E-state index contributed by atoms with van der Waals surface area (Å²) >= 11 is 0. The van der Waals surface area contributed by atoms with Crippen LogP contribution in [0.15, 0.2) is 90.3 Å². The van der Waals surface area contributed by atoms with Gasteiger partial charge in [-0.05, 0) is 49.2 Å². The molecule has 0 saturated carbocycles. The van der Waals surface area contributed by atoms with Crippen molar-refractivity contribution in [1.29, 1.82) is 0 Å². The van der Waals surface area contributed by atoms with Gasteiger partial charge in [-0.25, -0.2) is 22.4 Å². The Labute approximate surface area is 234 Å². The number of nitrogens with zero attached hydrogens (tertiary/aromatic N) is 4. The van der Waals surface area contributed by atoms with Gasteiger partial charge in [-0.3, -0.25) is 4.98 Å². The second-order valence-corrected chi connectivity index (χ2v) is 11.6. The van der Waals surface area contributed by atoms with Gasteiger partial charge in [-0.2, -0.15) is 13.2 Å². The molecule has 6 rings (SSSR count). The maximum absolute atomic E-state index is 14.3. The molecule has 3 aromatic heterocycles. The molecule has 8 nitrogen and oxygen atoms in total. The van der Waals surface area contributed by atoms with Crippen LogP contribution in [0.1, 0.15) is 18.4 Å². The molecular weight excluding hydrogens is 553 g/mol. The highest BCUT2D eigenvalue weighted by Crippen LogP contribution is 2.41. The van der Waals surface area contributed by atoms with E-state index in [1.165, 1.54) is 18.3 Å². The van der Waals surface area contributed by atoms with Gasteiger partial charge in [-0.1, -0.05) is 36.4 Å². The van der Waals surface area contributed by atoms with Crippen LogP contribution in [0.2, 0.25) is 0 Å². The van der Waals surface area contributed by atoms with Crippen molar-refractivity contribution in [3.05, 3.63) is 91.0 Å². The van der Waals surface area contributed by atoms with Crippen LogP contribution in [0.25, 0.3) is 33.3 Å². The Hall–Kier alpha value is -4.29. The molecule has 0 bridgehead atoms. The van der Waals surface area contributed by atoms with Crippen molar-refractivity contribution in [1.82, 2.24) is 24.2 Å². The largest absolute Gasteiger partial charge is 0.419 e. The molecular formula is C29H25F3N6O2S. The first kappa shape index (κ1) is 26.9. The van der Waals surface area contributed by atoms with Crippen molar-refractivity contribution in [2.45, 2.75) is 30.0 Å². The number of halogens is 3. The van der Waals surface area contributed by atoms with Crippen molar-refractivity contribution in [2.24, 2.45) is 0 Å². The maximum Gasteiger partial charge on any atom is 0.419 e. The highest BCUT2D eigenvalue weighted by atomic mass is 32.2. The standard InChI is InChI=1S/C29H25F3N6O2S/c30-29(31,32)25-17-35-28(36-21-7-5-13-34-16-21)37-27(25)24-18-38(41(39,40)22-8-2-1-3-9-22)26-14-19(10-11-23(24)26)20-6-4-12-33-15-20/h1-4,6,8-12,14-15,17-18,21,34H,5,7,13,16H2,(H,35,36,37)/t21-/m0/s1. The summed E-state index contributed by atoms with van der Waals surface area (Å²) < 4.78 is 71.5. The normalized spacial score (nSPS) is 16.1. The zero-order valence-electron chi connectivity index (χ0n) is 21.6. The third kappa shape index (κ3) is 5.27. The third-order valence-corrected chi connectivity index (χ3v) is 8.73. The summed E-state index contributed by atoms with van der Waals surface area (Å²) in [6.07, 6.45) is 2.16. The van der Waals surface area contributed by atoms with Gasteiger partial charge in [0.1, 0.15) is 5.56 Å². The molecule has 1 atom stereocenters. The summed E-state index contributed by atoms with van der Waals surface area (Å²) in [5.41, 5.74) is 0.161. The van der Waals surface area contributed by atoms with Crippen molar-refractivity contribution >= 4 is 26.9 Å². The van der Waals surface area contributed by atoms with E-state index in [0.29, 0.717) is 17.5 Å². The van der Waals surface area contributed by atoms with Crippen LogP contribution in [0, 0.1) is 0 Å². The molecule has 0 aliphatic carbocycles. The minimum atomic E-state index is -4.78. The fourth-order valence-corrected chi connectivity index (χ4v) is 6.41. The van der Waals surface area contributed by atoms with Gasteiger partial charge in [0.15, 0.2) is 0 Å². The highest BCUT2D eigenvalue weighted by Gasteiger charge is 2.37. The lowest BCUT2D eigenvalue weighted by Crippen LogP contribution is -2.38. The molecule has 0 unspecified atom stereocenters. The lowest BCUT2D eigenvalue weighted by molar-refractivity contribution is -0.137. The quantitative estimate of drug-likeness (QED) is 0.271. The van der Waals surface area contributed by atoms with Crippen LogP contribution in [-0.4, -0.2) is 46.5 Å². The summed E-state index contributed by atoms with van der Waals surface area (Å²) in [7, 11) is -4.18. The summed E-state index contributed by atoms with van der Waals surface area (Å²) in [6, 6.07) is 16.2. The molecule has 4 heterocycles. The van der Waals surface area contributed by atoms with Crippen LogP contribution in [0.3, 0.4) is 0 Å². The third-order valence-electron chi connectivity index (χ3n) is 7.05. The van der Waals surface area contributed by atoms with Crippen LogP contribution in [0.4, 0.5) is 19.1 Å². The van der Waals surface area contributed by atoms with E-state index in [-0.39, 0.29) is 28.0 Å². The second kappa shape index (κ2) is 10.6. The van der Waals surface area contributed by atoms with E-state index in [4.69, 9.17) is 0 Å². The zero-order chi connectivity index (χ0) is 28.6. The minimum absolute atomic E-state index is 0.00103. The fourth-order valence-electron chi connectivity index (χ4n) is 5.03. The Kier molecular flexibility index (Phi) is 6.96. The highest BCUT2D eigenvalue weighted by molar-refractivity contribution is 7.90. The van der Waals surface area contributed by atoms with E-state index < -0.39 is 27.5 Å². The number of fused-ring (bicyclic) bond motifs is 1. The Morgan fingerprint density at radius 1 is 1.00 bits per heavy atom. The number of piperidine rings is 1. The predicted molar refractivity (Wildman–Crippen MR) is 150 cm³/mol. The van der Waals surface area contributed by atoms with Gasteiger partial charge in [0.2, 0.25) is 5.95 Å². The number of benzene rings is 2. The maximum atomic E-state index is 14.3. The average molecular weight is 579 g/mol. The smallest absolute Gasteiger partial charge is 0.350 e. The SMILES string of the molecule is O=S(=O)(c1ccccc1)n1cc(-c2nc(N[C@H]3CCCNC3)ncc2C(F)(F)F)c2ccc(-c3cccnc3)cc21. The van der Waals surface area contributed by atoms with Gasteiger partial charge in [0, 0.05) is 53.9 Å². The van der Waals surface area contributed by atoms with E-state index in [1.54, 1.807) is 54.9 Å². The minimum Gasteiger partial charge on any atom is -0.350 e. The summed E-state index contributed by atoms with van der Waals surface area (Å²) in [4.78, 5) is 12.4. The molecule has 12 heteroatoms. The molecule has 0 spiro atoms. The molecule has 2 N–H and O–H groups in total. The number of anilines is 1. The van der Waals surface area contributed by atoms with Crippen LogP contribution in [0.5, 0.6) is 0 Å². The van der Waals surface area contributed by atoms with Crippen LogP contribution >= 0.6 is 0 Å². The summed E-state index contributed by atoms with van der Waals surface area (Å²) in [6.45, 7) is 1.50. The van der Waals surface area contributed by atoms with Crippen molar-refractivity contribution in [3.63, 3.8) is 0 Å². The summed E-state index contributed by atoms with van der Waals surface area (Å²) in [5, 5.41) is 6.67. The van der Waals surface area contributed by atoms with Gasteiger partial charge in [-0.15, -0.1) is 0 Å². The molecule has 1 saturated heterocycles. The summed E-state index contributed by atoms with van der Waals surface area (Å²) in [5.74, 6) is 0.0421. The first-order chi connectivity index (χ1) is 19.7. The van der Waals surface area contributed by atoms with E-state index in [0.717, 1.165) is 35.1 Å². The number of nitrogens with one attached hydrogen (secondary N) is 2. The number of rotatable bonds is 6. The number of pyridine rings is 1. The fraction of sp³-hybridized carbons (Fsp3) is 0.207. The Morgan fingerprint density at radius 3 is 2.54 bits per heavy atom. The van der Waals surface area contributed by atoms with Crippen molar-refractivity contribution in [2.75, 3.05) is 18.4 Å². The number of alkyl halides is 3. The number of hydrogen-bond acceptors (Lipinski definition) is 7. The first-order valence-electron chi connectivity index (χ1n) is 13.0. The molecule has 210 valence electrons. The molecule has 1 aliphatic rings. The van der Waals surface area contributed by atoms with E-state index in [2.05, 4.69) is 25.6 Å². The van der Waals surface area contributed by atoms with E-state index in [1.807, 2.05) is 6.07 Å². The van der Waals surface area contributed by atoms with Gasteiger partial charge >= 0.3 is 6.18 Å². The Balaban J connectivity index is 1.58. The van der Waals surface area contributed by atoms with E-state index in [9.17, 15) is 21.6 Å².